The second-order valence-corrected chi connectivity index (χ2v) is 6.32. The van der Waals surface area contributed by atoms with Crippen LogP contribution in [-0.2, 0) is 6.54 Å². The number of nitrogens with zero attached hydrogens (tertiary/aromatic N) is 4. The molecule has 0 aliphatic rings. The summed E-state index contributed by atoms with van der Waals surface area (Å²) in [7, 11) is 0. The molecule has 4 rings (SSSR count). The maximum atomic E-state index is 8.97. The highest BCUT2D eigenvalue weighted by molar-refractivity contribution is 5.67. The van der Waals surface area contributed by atoms with Gasteiger partial charge < -0.3 is 10.6 Å². The number of hydrogen-bond acceptors (Lipinski definition) is 6. The third-order valence-corrected chi connectivity index (χ3v) is 4.24. The second-order valence-electron chi connectivity index (χ2n) is 6.32. The minimum absolute atomic E-state index is 0.508. The van der Waals surface area contributed by atoms with Crippen molar-refractivity contribution in [3.05, 3.63) is 96.3 Å². The number of benzene rings is 2. The zero-order valence-corrected chi connectivity index (χ0v) is 15.6. The Bertz CT molecular complexity index is 1120. The van der Waals surface area contributed by atoms with Crippen LogP contribution >= 0.6 is 0 Å². The zero-order valence-electron chi connectivity index (χ0n) is 15.6. The van der Waals surface area contributed by atoms with Crippen LogP contribution in [-0.4, -0.2) is 15.0 Å². The summed E-state index contributed by atoms with van der Waals surface area (Å²) in [5.41, 5.74) is 4.17. The molecule has 29 heavy (non-hydrogen) atoms. The second kappa shape index (κ2) is 8.63. The van der Waals surface area contributed by atoms with Crippen LogP contribution in [0.25, 0.3) is 11.3 Å². The van der Waals surface area contributed by atoms with Gasteiger partial charge in [0.15, 0.2) is 0 Å². The van der Waals surface area contributed by atoms with Crippen LogP contribution in [0.3, 0.4) is 0 Å². The molecule has 2 N–H and O–H groups in total. The van der Waals surface area contributed by atoms with Gasteiger partial charge in [0.1, 0.15) is 5.82 Å². The smallest absolute Gasteiger partial charge is 0.225 e. The average Bonchev–Trinajstić information content (AvgIpc) is 2.79. The van der Waals surface area contributed by atoms with Crippen LogP contribution in [0.1, 0.15) is 11.3 Å². The Morgan fingerprint density at radius 3 is 2.38 bits per heavy atom. The molecule has 6 heteroatoms. The molecule has 0 saturated carbocycles. The van der Waals surface area contributed by atoms with Gasteiger partial charge in [-0.25, -0.2) is 4.98 Å². The van der Waals surface area contributed by atoms with Gasteiger partial charge in [0.2, 0.25) is 5.95 Å². The normalized spacial score (nSPS) is 10.2. The van der Waals surface area contributed by atoms with Crippen LogP contribution in [0.4, 0.5) is 17.5 Å². The Balaban J connectivity index is 1.63. The summed E-state index contributed by atoms with van der Waals surface area (Å²) in [6.07, 6.45) is 1.76. The van der Waals surface area contributed by atoms with E-state index in [1.807, 2.05) is 66.7 Å². The highest BCUT2D eigenvalue weighted by Gasteiger charge is 2.08. The quantitative estimate of drug-likeness (QED) is 0.503. The Morgan fingerprint density at radius 1 is 0.862 bits per heavy atom. The summed E-state index contributed by atoms with van der Waals surface area (Å²) >= 11 is 0. The van der Waals surface area contributed by atoms with Gasteiger partial charge >= 0.3 is 0 Å². The first-order valence-corrected chi connectivity index (χ1v) is 9.16. The Kier molecular flexibility index (Phi) is 5.40. The van der Waals surface area contributed by atoms with Gasteiger partial charge in [0.25, 0.3) is 0 Å². The highest BCUT2D eigenvalue weighted by Crippen LogP contribution is 2.24. The number of aromatic nitrogens is 3. The minimum Gasteiger partial charge on any atom is -0.348 e. The number of nitrogens with one attached hydrogen (secondary N) is 2. The van der Waals surface area contributed by atoms with E-state index >= 15 is 0 Å². The molecule has 0 bridgehead atoms. The summed E-state index contributed by atoms with van der Waals surface area (Å²) in [5.74, 6) is 1.17. The summed E-state index contributed by atoms with van der Waals surface area (Å²) in [6, 6.07) is 27.0. The fourth-order valence-electron chi connectivity index (χ4n) is 2.80. The van der Waals surface area contributed by atoms with E-state index in [-0.39, 0.29) is 0 Å². The fraction of sp³-hybridized carbons (Fsp3) is 0.0435. The number of rotatable bonds is 6. The highest BCUT2D eigenvalue weighted by atomic mass is 15.1. The minimum atomic E-state index is 0.508. The van der Waals surface area contributed by atoms with E-state index < -0.39 is 0 Å². The topological polar surface area (TPSA) is 86.5 Å². The SMILES string of the molecule is N#Cc1ccc(Nc2cc(-c3ccccc3)nc(NCc3ccccn3)n2)cc1. The molecule has 0 aliphatic heterocycles. The van der Waals surface area contributed by atoms with Gasteiger partial charge in [-0.2, -0.15) is 10.2 Å². The van der Waals surface area contributed by atoms with E-state index in [2.05, 4.69) is 31.7 Å². The van der Waals surface area contributed by atoms with Crippen LogP contribution in [0, 0.1) is 11.3 Å². The van der Waals surface area contributed by atoms with Crippen LogP contribution < -0.4 is 10.6 Å². The molecular formula is C23H18N6. The first kappa shape index (κ1) is 18.1. The maximum absolute atomic E-state index is 8.97. The predicted octanol–water partition coefficient (Wildman–Crippen LogP) is 4.77. The van der Waals surface area contributed by atoms with E-state index in [4.69, 9.17) is 5.26 Å². The third kappa shape index (κ3) is 4.73. The van der Waals surface area contributed by atoms with Crippen molar-refractivity contribution in [1.82, 2.24) is 15.0 Å². The van der Waals surface area contributed by atoms with Crippen molar-refractivity contribution in [3.63, 3.8) is 0 Å². The number of hydrogen-bond donors (Lipinski definition) is 2. The molecule has 6 nitrogen and oxygen atoms in total. The van der Waals surface area contributed by atoms with Crippen molar-refractivity contribution in [2.45, 2.75) is 6.54 Å². The lowest BCUT2D eigenvalue weighted by Gasteiger charge is -2.11. The third-order valence-electron chi connectivity index (χ3n) is 4.24. The van der Waals surface area contributed by atoms with Crippen LogP contribution in [0.15, 0.2) is 85.1 Å². The molecule has 0 atom stereocenters. The first-order chi connectivity index (χ1) is 14.3. The molecule has 0 fully saturated rings. The molecule has 0 radical (unpaired) electrons. The van der Waals surface area contributed by atoms with Crippen molar-refractivity contribution in [3.8, 4) is 17.3 Å². The van der Waals surface area contributed by atoms with Gasteiger partial charge in [0.05, 0.1) is 29.6 Å². The first-order valence-electron chi connectivity index (χ1n) is 9.16. The van der Waals surface area contributed by atoms with Gasteiger partial charge in [-0.1, -0.05) is 36.4 Å². The van der Waals surface area contributed by atoms with Crippen molar-refractivity contribution in [2.24, 2.45) is 0 Å². The van der Waals surface area contributed by atoms with E-state index in [1.54, 1.807) is 18.3 Å². The van der Waals surface area contributed by atoms with Gasteiger partial charge in [-0.3, -0.25) is 4.98 Å². The molecule has 4 aromatic rings. The summed E-state index contributed by atoms with van der Waals surface area (Å²) in [4.78, 5) is 13.6. The van der Waals surface area contributed by atoms with Crippen molar-refractivity contribution in [2.75, 3.05) is 10.6 Å². The Hall–Kier alpha value is -4.24. The van der Waals surface area contributed by atoms with E-state index in [0.29, 0.717) is 23.9 Å². The molecule has 2 aromatic carbocycles. The number of pyridine rings is 1. The van der Waals surface area contributed by atoms with Crippen molar-refractivity contribution < 1.29 is 0 Å². The predicted molar refractivity (Wildman–Crippen MR) is 113 cm³/mol. The molecule has 0 unspecified atom stereocenters. The Morgan fingerprint density at radius 2 is 1.66 bits per heavy atom. The summed E-state index contributed by atoms with van der Waals surface area (Å²) in [6.45, 7) is 0.523. The summed E-state index contributed by atoms with van der Waals surface area (Å²) in [5, 5.41) is 15.5. The fourth-order valence-corrected chi connectivity index (χ4v) is 2.80. The molecule has 0 saturated heterocycles. The van der Waals surface area contributed by atoms with E-state index in [9.17, 15) is 0 Å². The average molecular weight is 378 g/mol. The van der Waals surface area contributed by atoms with Gasteiger partial charge in [0, 0.05) is 23.5 Å². The molecule has 0 spiro atoms. The van der Waals surface area contributed by atoms with Gasteiger partial charge in [-0.05, 0) is 36.4 Å². The molecule has 0 amide bonds. The summed E-state index contributed by atoms with van der Waals surface area (Å²) < 4.78 is 0. The van der Waals surface area contributed by atoms with Crippen LogP contribution in [0.2, 0.25) is 0 Å². The molecule has 140 valence electrons. The van der Waals surface area contributed by atoms with Crippen LogP contribution in [0.5, 0.6) is 0 Å². The molecule has 0 aliphatic carbocycles. The number of anilines is 3. The van der Waals surface area contributed by atoms with Crippen molar-refractivity contribution >= 4 is 17.5 Å². The lowest BCUT2D eigenvalue weighted by molar-refractivity contribution is 1.00. The van der Waals surface area contributed by atoms with E-state index in [1.165, 1.54) is 0 Å². The largest absolute Gasteiger partial charge is 0.348 e. The Labute approximate surface area is 168 Å². The molecule has 2 heterocycles. The number of nitriles is 1. The lowest BCUT2D eigenvalue weighted by Crippen LogP contribution is -2.07. The molecule has 2 aromatic heterocycles. The standard InChI is InChI=1S/C23H18N6/c24-15-17-9-11-19(12-10-17)27-22-14-21(18-6-2-1-3-7-18)28-23(29-22)26-16-20-8-4-5-13-25-20/h1-14H,16H2,(H2,26,27,28,29). The zero-order chi connectivity index (χ0) is 19.9. The maximum Gasteiger partial charge on any atom is 0.225 e. The van der Waals surface area contributed by atoms with Crippen molar-refractivity contribution in [1.29, 1.82) is 5.26 Å². The van der Waals surface area contributed by atoms with Gasteiger partial charge in [-0.15, -0.1) is 0 Å². The lowest BCUT2D eigenvalue weighted by atomic mass is 10.1. The van der Waals surface area contributed by atoms with E-state index in [0.717, 1.165) is 22.6 Å². The monoisotopic (exact) mass is 378 g/mol. The molecular weight excluding hydrogens is 360 g/mol.